The van der Waals surface area contributed by atoms with Gasteiger partial charge in [-0.05, 0) is 18.6 Å². The minimum atomic E-state index is -0.0939. The zero-order valence-corrected chi connectivity index (χ0v) is 13.3. The molecular weight excluding hydrogens is 302 g/mol. The van der Waals surface area contributed by atoms with Gasteiger partial charge in [0.2, 0.25) is 0 Å². The van der Waals surface area contributed by atoms with Crippen LogP contribution in [0.15, 0.2) is 55.0 Å². The molecule has 2 aromatic heterocycles. The molecule has 0 saturated heterocycles. The summed E-state index contributed by atoms with van der Waals surface area (Å²) in [5.41, 5.74) is 1.53. The first-order chi connectivity index (χ1) is 11.7. The summed E-state index contributed by atoms with van der Waals surface area (Å²) in [6.45, 7) is 2.94. The van der Waals surface area contributed by atoms with Gasteiger partial charge < -0.3 is 9.47 Å². The van der Waals surface area contributed by atoms with Crippen LogP contribution < -0.4 is 0 Å². The first-order valence-electron chi connectivity index (χ1n) is 7.88. The maximum atomic E-state index is 13.1. The van der Waals surface area contributed by atoms with Gasteiger partial charge in [0.25, 0.3) is 5.91 Å². The highest BCUT2D eigenvalue weighted by Crippen LogP contribution is 2.30. The van der Waals surface area contributed by atoms with Gasteiger partial charge in [0.05, 0.1) is 12.6 Å². The quantitative estimate of drug-likeness (QED) is 0.727. The highest BCUT2D eigenvalue weighted by molar-refractivity contribution is 5.92. The van der Waals surface area contributed by atoms with Crippen LogP contribution in [0.5, 0.6) is 0 Å². The molecule has 1 aliphatic heterocycles. The molecule has 4 rings (SSSR count). The van der Waals surface area contributed by atoms with Gasteiger partial charge >= 0.3 is 0 Å². The minimum Gasteiger partial charge on any atom is -0.331 e. The average Bonchev–Trinajstić information content (AvgIpc) is 3.08. The molecule has 0 unspecified atom stereocenters. The normalized spacial score (nSPS) is 16.7. The molecule has 1 atom stereocenters. The Hall–Kier alpha value is -3.02. The van der Waals surface area contributed by atoms with Crippen molar-refractivity contribution in [2.24, 2.45) is 0 Å². The van der Waals surface area contributed by atoms with E-state index in [0.29, 0.717) is 24.6 Å². The van der Waals surface area contributed by atoms with Gasteiger partial charge in [0, 0.05) is 25.1 Å². The summed E-state index contributed by atoms with van der Waals surface area (Å²) in [5, 5.41) is 0. The summed E-state index contributed by atoms with van der Waals surface area (Å²) in [5.74, 6) is 1.39. The lowest BCUT2D eigenvalue weighted by Gasteiger charge is -2.36. The van der Waals surface area contributed by atoms with E-state index in [1.165, 1.54) is 0 Å². The number of hydrogen-bond donors (Lipinski definition) is 0. The molecule has 120 valence electrons. The Morgan fingerprint density at radius 2 is 1.96 bits per heavy atom. The molecule has 6 nitrogen and oxygen atoms in total. The number of fused-ring (bicyclic) bond motifs is 1. The second-order valence-corrected chi connectivity index (χ2v) is 5.84. The minimum absolute atomic E-state index is 0.0457. The first kappa shape index (κ1) is 14.6. The third-order valence-electron chi connectivity index (χ3n) is 4.30. The molecule has 0 radical (unpaired) electrons. The second-order valence-electron chi connectivity index (χ2n) is 5.84. The Bertz CT molecular complexity index is 874. The maximum Gasteiger partial charge on any atom is 0.273 e. The van der Waals surface area contributed by atoms with Gasteiger partial charge in [0.15, 0.2) is 0 Å². The topological polar surface area (TPSA) is 63.9 Å². The third kappa shape index (κ3) is 2.56. The number of benzene rings is 1. The number of aryl methyl sites for hydroxylation is 1. The number of aromatic nitrogens is 4. The summed E-state index contributed by atoms with van der Waals surface area (Å²) < 4.78 is 2.10. The van der Waals surface area contributed by atoms with Gasteiger partial charge in [-0.1, -0.05) is 30.3 Å². The summed E-state index contributed by atoms with van der Waals surface area (Å²) in [7, 11) is 0. The van der Waals surface area contributed by atoms with Crippen molar-refractivity contribution < 1.29 is 4.79 Å². The van der Waals surface area contributed by atoms with E-state index in [9.17, 15) is 4.79 Å². The van der Waals surface area contributed by atoms with E-state index in [4.69, 9.17) is 0 Å². The highest BCUT2D eigenvalue weighted by atomic mass is 16.2. The second kappa shape index (κ2) is 5.88. The highest BCUT2D eigenvalue weighted by Gasteiger charge is 2.32. The Balaban J connectivity index is 1.74. The van der Waals surface area contributed by atoms with Crippen LogP contribution in [0, 0.1) is 6.92 Å². The summed E-state index contributed by atoms with van der Waals surface area (Å²) in [6, 6.07) is 11.7. The van der Waals surface area contributed by atoms with Crippen molar-refractivity contribution in [3.8, 4) is 0 Å². The number of rotatable bonds is 2. The first-order valence-corrected chi connectivity index (χ1v) is 7.88. The molecule has 24 heavy (non-hydrogen) atoms. The van der Waals surface area contributed by atoms with Crippen molar-refractivity contribution in [1.29, 1.82) is 0 Å². The number of nitrogens with zero attached hydrogens (tertiary/aromatic N) is 5. The SMILES string of the molecule is Cc1nccc(C(=O)N2Cc3nccn3C[C@@H]2c2ccccc2)n1. The summed E-state index contributed by atoms with van der Waals surface area (Å²) in [4.78, 5) is 27.6. The fourth-order valence-corrected chi connectivity index (χ4v) is 3.10. The van der Waals surface area contributed by atoms with E-state index in [0.717, 1.165) is 11.4 Å². The molecule has 1 amide bonds. The van der Waals surface area contributed by atoms with Crippen LogP contribution >= 0.6 is 0 Å². The lowest BCUT2D eigenvalue weighted by atomic mass is 10.0. The maximum absolute atomic E-state index is 13.1. The molecule has 1 aromatic carbocycles. The lowest BCUT2D eigenvalue weighted by molar-refractivity contribution is 0.0578. The zero-order chi connectivity index (χ0) is 16.5. The van der Waals surface area contributed by atoms with E-state index < -0.39 is 0 Å². The van der Waals surface area contributed by atoms with Gasteiger partial charge in [-0.3, -0.25) is 4.79 Å². The molecule has 0 bridgehead atoms. The van der Waals surface area contributed by atoms with E-state index in [1.54, 1.807) is 25.4 Å². The van der Waals surface area contributed by atoms with E-state index in [-0.39, 0.29) is 11.9 Å². The van der Waals surface area contributed by atoms with Gasteiger partial charge in [-0.2, -0.15) is 0 Å². The van der Waals surface area contributed by atoms with Crippen molar-refractivity contribution in [3.63, 3.8) is 0 Å². The van der Waals surface area contributed by atoms with Gasteiger partial charge in [-0.15, -0.1) is 0 Å². The van der Waals surface area contributed by atoms with Crippen LogP contribution in [0.25, 0.3) is 0 Å². The van der Waals surface area contributed by atoms with Crippen LogP contribution in [-0.2, 0) is 13.1 Å². The van der Waals surface area contributed by atoms with Crippen molar-refractivity contribution in [3.05, 3.63) is 77.9 Å². The van der Waals surface area contributed by atoms with Crippen molar-refractivity contribution in [1.82, 2.24) is 24.4 Å². The number of imidazole rings is 1. The molecule has 3 aromatic rings. The van der Waals surface area contributed by atoms with Crippen molar-refractivity contribution in [2.45, 2.75) is 26.1 Å². The molecule has 0 fully saturated rings. The van der Waals surface area contributed by atoms with Crippen LogP contribution in [0.1, 0.15) is 33.7 Å². The van der Waals surface area contributed by atoms with Gasteiger partial charge in [0.1, 0.15) is 17.3 Å². The Morgan fingerprint density at radius 3 is 2.75 bits per heavy atom. The number of amides is 1. The van der Waals surface area contributed by atoms with E-state index in [1.807, 2.05) is 29.3 Å². The van der Waals surface area contributed by atoms with Crippen LogP contribution in [-0.4, -0.2) is 30.3 Å². The average molecular weight is 319 g/mol. The van der Waals surface area contributed by atoms with Crippen molar-refractivity contribution in [2.75, 3.05) is 0 Å². The fraction of sp³-hybridized carbons (Fsp3) is 0.222. The number of carbonyl (C=O) groups is 1. The van der Waals surface area contributed by atoms with Crippen LogP contribution in [0.3, 0.4) is 0 Å². The smallest absolute Gasteiger partial charge is 0.273 e. The lowest BCUT2D eigenvalue weighted by Crippen LogP contribution is -2.41. The van der Waals surface area contributed by atoms with Crippen LogP contribution in [0.4, 0.5) is 0 Å². The summed E-state index contributed by atoms with van der Waals surface area (Å²) >= 11 is 0. The zero-order valence-electron chi connectivity index (χ0n) is 13.3. The largest absolute Gasteiger partial charge is 0.331 e. The molecular formula is C18H17N5O. The van der Waals surface area contributed by atoms with E-state index >= 15 is 0 Å². The molecule has 0 aliphatic carbocycles. The molecule has 0 N–H and O–H groups in total. The Morgan fingerprint density at radius 1 is 1.12 bits per heavy atom. The third-order valence-corrected chi connectivity index (χ3v) is 4.30. The number of carbonyl (C=O) groups excluding carboxylic acids is 1. The Labute approximate surface area is 139 Å². The summed E-state index contributed by atoms with van der Waals surface area (Å²) in [6.07, 6.45) is 5.36. The molecule has 0 spiro atoms. The van der Waals surface area contributed by atoms with Gasteiger partial charge in [-0.25, -0.2) is 15.0 Å². The fourth-order valence-electron chi connectivity index (χ4n) is 3.10. The predicted octanol–water partition coefficient (Wildman–Crippen LogP) is 2.38. The van der Waals surface area contributed by atoms with E-state index in [2.05, 4.69) is 31.7 Å². The monoisotopic (exact) mass is 319 g/mol. The molecule has 0 saturated carbocycles. The standard InChI is InChI=1S/C18H17N5O/c1-13-19-8-7-15(21-13)18(24)23-12-17-20-9-10-22(17)11-16(23)14-5-3-2-4-6-14/h2-10,16H,11-12H2,1H3/t16-/m1/s1. The predicted molar refractivity (Wildman–Crippen MR) is 88.1 cm³/mol. The molecule has 6 heteroatoms. The molecule has 1 aliphatic rings. The molecule has 3 heterocycles. The van der Waals surface area contributed by atoms with Crippen molar-refractivity contribution >= 4 is 5.91 Å². The number of hydrogen-bond acceptors (Lipinski definition) is 4. The Kier molecular flexibility index (Phi) is 3.57. The van der Waals surface area contributed by atoms with Crippen LogP contribution in [0.2, 0.25) is 0 Å².